The number of nitrogens with two attached hydrogens (primary N) is 1. The van der Waals surface area contributed by atoms with E-state index in [1.165, 1.54) is 16.7 Å². The number of fused-ring (bicyclic) bond motifs is 1. The minimum atomic E-state index is -0.844. The lowest BCUT2D eigenvalue weighted by molar-refractivity contribution is 0.317. The number of nitriles is 2. The molecular formula is C26H22N4O5S. The number of hydrogen-bond donors (Lipinski definition) is 3. The van der Waals surface area contributed by atoms with Gasteiger partial charge in [-0.2, -0.15) is 10.5 Å². The van der Waals surface area contributed by atoms with Crippen LogP contribution in [0.2, 0.25) is 0 Å². The molecule has 9 nitrogen and oxygen atoms in total. The van der Waals surface area contributed by atoms with Crippen molar-refractivity contribution in [2.45, 2.75) is 19.8 Å². The molecule has 3 aromatic rings. The number of hydrogen-bond acceptors (Lipinski definition) is 9. The van der Waals surface area contributed by atoms with Crippen LogP contribution in [0, 0.1) is 22.7 Å². The quantitative estimate of drug-likeness (QED) is 0.463. The maximum absolute atomic E-state index is 13.3. The lowest BCUT2D eigenvalue weighted by atomic mass is 9.84. The van der Waals surface area contributed by atoms with Crippen LogP contribution in [0.15, 0.2) is 46.8 Å². The van der Waals surface area contributed by atoms with Gasteiger partial charge < -0.3 is 25.4 Å². The number of allylic oxidation sites excluding steroid dienone is 1. The summed E-state index contributed by atoms with van der Waals surface area (Å²) in [7, 11) is 0. The van der Waals surface area contributed by atoms with Gasteiger partial charge in [0.05, 0.1) is 46.9 Å². The van der Waals surface area contributed by atoms with Crippen LogP contribution in [0.25, 0.3) is 17.5 Å². The molecule has 1 atom stereocenters. The molecule has 1 aromatic heterocycles. The molecule has 1 unspecified atom stereocenters. The highest BCUT2D eigenvalue weighted by Crippen LogP contribution is 2.39. The average molecular weight is 503 g/mol. The zero-order chi connectivity index (χ0) is 26.0. The van der Waals surface area contributed by atoms with Crippen molar-refractivity contribution >= 4 is 28.8 Å². The number of nitrogens with zero attached hydrogens (tertiary/aromatic N) is 3. The molecule has 0 fully saturated rings. The Bertz CT molecular complexity index is 1650. The minimum Gasteiger partial charge on any atom is -0.504 e. The Kier molecular flexibility index (Phi) is 6.73. The molecule has 2 aromatic carbocycles. The number of benzene rings is 2. The second kappa shape index (κ2) is 9.90. The molecule has 0 aliphatic carbocycles. The van der Waals surface area contributed by atoms with Crippen molar-refractivity contribution in [3.8, 4) is 35.1 Å². The van der Waals surface area contributed by atoms with E-state index in [4.69, 9.17) is 15.2 Å². The van der Waals surface area contributed by atoms with Crippen LogP contribution in [-0.4, -0.2) is 28.0 Å². The molecule has 0 bridgehead atoms. The predicted octanol–water partition coefficient (Wildman–Crippen LogP) is 2.07. The highest BCUT2D eigenvalue weighted by molar-refractivity contribution is 7.07. The first-order valence-electron chi connectivity index (χ1n) is 11.0. The molecule has 0 saturated heterocycles. The summed E-state index contributed by atoms with van der Waals surface area (Å²) in [6.07, 6.45) is 1.61. The Balaban J connectivity index is 1.98. The van der Waals surface area contributed by atoms with Crippen molar-refractivity contribution in [2.75, 3.05) is 13.2 Å². The van der Waals surface area contributed by atoms with Gasteiger partial charge in [0.1, 0.15) is 10.5 Å². The Hall–Kier alpha value is -4.67. The van der Waals surface area contributed by atoms with E-state index in [9.17, 15) is 25.5 Å². The third kappa shape index (κ3) is 4.15. The summed E-state index contributed by atoms with van der Waals surface area (Å²) in [5.41, 5.74) is 7.19. The average Bonchev–Trinajstić information content (AvgIpc) is 3.18. The fourth-order valence-corrected chi connectivity index (χ4v) is 5.14. The van der Waals surface area contributed by atoms with Gasteiger partial charge >= 0.3 is 0 Å². The van der Waals surface area contributed by atoms with Crippen LogP contribution in [0.3, 0.4) is 0 Å². The molecule has 36 heavy (non-hydrogen) atoms. The molecule has 182 valence electrons. The molecule has 0 spiro atoms. The van der Waals surface area contributed by atoms with Gasteiger partial charge in [0.25, 0.3) is 5.56 Å². The fraction of sp³-hybridized carbons (Fsp3) is 0.192. The smallest absolute Gasteiger partial charge is 0.274 e. The number of rotatable bonds is 6. The van der Waals surface area contributed by atoms with Crippen LogP contribution in [-0.2, 0) is 0 Å². The van der Waals surface area contributed by atoms with Crippen molar-refractivity contribution in [3.63, 3.8) is 0 Å². The zero-order valence-electron chi connectivity index (χ0n) is 19.5. The van der Waals surface area contributed by atoms with E-state index < -0.39 is 11.5 Å². The summed E-state index contributed by atoms with van der Waals surface area (Å²) in [4.78, 5) is 13.3. The predicted molar refractivity (Wildman–Crippen MR) is 135 cm³/mol. The summed E-state index contributed by atoms with van der Waals surface area (Å²) in [5.74, 6) is -0.515. The van der Waals surface area contributed by atoms with Gasteiger partial charge in [-0.25, -0.2) is 0 Å². The number of ether oxygens (including phenoxy) is 2. The van der Waals surface area contributed by atoms with E-state index in [2.05, 4.69) is 12.1 Å². The molecule has 4 N–H and O–H groups in total. The highest BCUT2D eigenvalue weighted by Gasteiger charge is 2.32. The van der Waals surface area contributed by atoms with Gasteiger partial charge in [-0.15, -0.1) is 11.3 Å². The lowest BCUT2D eigenvalue weighted by Crippen LogP contribution is -2.38. The van der Waals surface area contributed by atoms with Crippen LogP contribution in [0.1, 0.15) is 30.9 Å². The van der Waals surface area contributed by atoms with E-state index in [1.807, 2.05) is 0 Å². The number of thiazole rings is 1. The van der Waals surface area contributed by atoms with Crippen LogP contribution >= 0.6 is 11.3 Å². The molecule has 10 heteroatoms. The molecule has 0 amide bonds. The Morgan fingerprint density at radius 2 is 1.64 bits per heavy atom. The molecule has 2 heterocycles. The zero-order valence-corrected chi connectivity index (χ0v) is 20.3. The first kappa shape index (κ1) is 24.5. The van der Waals surface area contributed by atoms with Crippen molar-refractivity contribution in [2.24, 2.45) is 5.73 Å². The third-order valence-corrected chi connectivity index (χ3v) is 6.70. The van der Waals surface area contributed by atoms with Gasteiger partial charge in [-0.3, -0.25) is 9.36 Å². The standard InChI is InChI=1S/C26H22N4O5S/c1-3-34-20-9-14(5-7-18(20)31)10-22-25(33)30-24(29)16(12-27)23(17(13-28)26(30)36-22)15-6-8-19(32)21(11-15)35-4-2/h5-11,23,31-32H,3-4,29H2,1-2H3. The Morgan fingerprint density at radius 1 is 1.03 bits per heavy atom. The van der Waals surface area contributed by atoms with E-state index in [0.717, 1.165) is 11.3 Å². The molecule has 4 rings (SSSR count). The summed E-state index contributed by atoms with van der Waals surface area (Å²) in [6, 6.07) is 13.5. The van der Waals surface area contributed by atoms with Crippen LogP contribution in [0.5, 0.6) is 23.0 Å². The summed E-state index contributed by atoms with van der Waals surface area (Å²) in [6.45, 7) is 4.23. The number of phenols is 2. The molecule has 0 saturated carbocycles. The second-order valence-electron chi connectivity index (χ2n) is 7.75. The summed E-state index contributed by atoms with van der Waals surface area (Å²) < 4.78 is 12.7. The molecule has 1 aliphatic heterocycles. The number of aromatic hydroxyl groups is 2. The van der Waals surface area contributed by atoms with Crippen molar-refractivity contribution in [1.82, 2.24) is 4.57 Å². The first-order chi connectivity index (χ1) is 17.3. The fourth-order valence-electron chi connectivity index (χ4n) is 4.01. The summed E-state index contributed by atoms with van der Waals surface area (Å²) >= 11 is 1.07. The monoisotopic (exact) mass is 502 g/mol. The minimum absolute atomic E-state index is 0.0229. The maximum atomic E-state index is 13.3. The van der Waals surface area contributed by atoms with Gasteiger partial charge in [-0.1, -0.05) is 12.1 Å². The van der Waals surface area contributed by atoms with E-state index in [0.29, 0.717) is 29.0 Å². The number of aromatic nitrogens is 1. The largest absolute Gasteiger partial charge is 0.504 e. The third-order valence-electron chi connectivity index (χ3n) is 5.59. The maximum Gasteiger partial charge on any atom is 0.274 e. The Labute approximate surface area is 210 Å². The van der Waals surface area contributed by atoms with Gasteiger partial charge in [0.2, 0.25) is 0 Å². The van der Waals surface area contributed by atoms with Crippen LogP contribution in [0.4, 0.5) is 0 Å². The normalized spacial score (nSPS) is 15.3. The molecule has 0 radical (unpaired) electrons. The van der Waals surface area contributed by atoms with E-state index in [-0.39, 0.29) is 44.5 Å². The second-order valence-corrected chi connectivity index (χ2v) is 8.78. The highest BCUT2D eigenvalue weighted by atomic mass is 32.1. The van der Waals surface area contributed by atoms with E-state index >= 15 is 0 Å². The topological polar surface area (TPSA) is 155 Å². The van der Waals surface area contributed by atoms with Crippen LogP contribution < -0.4 is 30.0 Å². The van der Waals surface area contributed by atoms with Gasteiger partial charge in [0.15, 0.2) is 23.0 Å². The lowest BCUT2D eigenvalue weighted by Gasteiger charge is -2.22. The SMILES string of the molecule is CCOc1cc(C=c2sc3n(c2=O)C(N)=C(C#N)C(c2ccc(O)c(OCC)c2)C=3C#N)ccc1O. The van der Waals surface area contributed by atoms with Gasteiger partial charge in [0, 0.05) is 0 Å². The summed E-state index contributed by atoms with van der Waals surface area (Å²) in [5, 5.41) is 40.1. The van der Waals surface area contributed by atoms with Crippen molar-refractivity contribution in [1.29, 1.82) is 10.5 Å². The number of phenolic OH excluding ortho intramolecular Hbond substituents is 2. The Morgan fingerprint density at radius 3 is 2.25 bits per heavy atom. The van der Waals surface area contributed by atoms with Crippen molar-refractivity contribution < 1.29 is 19.7 Å². The van der Waals surface area contributed by atoms with Crippen molar-refractivity contribution in [3.05, 3.63) is 72.6 Å². The molecule has 1 aliphatic rings. The first-order valence-corrected chi connectivity index (χ1v) is 11.9. The van der Waals surface area contributed by atoms with Gasteiger partial charge in [-0.05, 0) is 55.3 Å². The molecular weight excluding hydrogens is 480 g/mol. The van der Waals surface area contributed by atoms with E-state index in [1.54, 1.807) is 44.2 Å².